The molecule has 5 heteroatoms. The van der Waals surface area contributed by atoms with Gasteiger partial charge in [-0.15, -0.1) is 0 Å². The van der Waals surface area contributed by atoms with E-state index in [0.29, 0.717) is 17.5 Å². The number of nitrogens with one attached hydrogen (secondary N) is 1. The lowest BCUT2D eigenvalue weighted by atomic mass is 10.0. The average Bonchev–Trinajstić information content (AvgIpc) is 2.46. The highest BCUT2D eigenvalue weighted by molar-refractivity contribution is 5.93. The second-order valence-electron chi connectivity index (χ2n) is 6.06. The minimum absolute atomic E-state index is 0.0821. The van der Waals surface area contributed by atoms with Gasteiger partial charge in [0.2, 0.25) is 0 Å². The molecule has 0 radical (unpaired) electrons. The number of amides is 1. The zero-order valence-corrected chi connectivity index (χ0v) is 13.3. The van der Waals surface area contributed by atoms with E-state index in [0.717, 1.165) is 5.56 Å². The van der Waals surface area contributed by atoms with Gasteiger partial charge in [0.05, 0.1) is 11.3 Å². The Kier molecular flexibility index (Phi) is 4.69. The van der Waals surface area contributed by atoms with Gasteiger partial charge in [-0.25, -0.2) is 4.79 Å². The summed E-state index contributed by atoms with van der Waals surface area (Å²) >= 11 is 0. The maximum atomic E-state index is 12.0. The van der Waals surface area contributed by atoms with E-state index in [4.69, 9.17) is 4.74 Å². The summed E-state index contributed by atoms with van der Waals surface area (Å²) in [7, 11) is 0. The van der Waals surface area contributed by atoms with Crippen molar-refractivity contribution in [2.45, 2.75) is 26.4 Å². The van der Waals surface area contributed by atoms with Gasteiger partial charge in [0.25, 0.3) is 0 Å². The van der Waals surface area contributed by atoms with E-state index in [1.807, 2.05) is 12.1 Å². The minimum atomic E-state index is -0.595. The second kappa shape index (κ2) is 6.52. The normalized spacial score (nSPS) is 10.9. The molecule has 0 spiro atoms. The molecule has 2 rings (SSSR count). The summed E-state index contributed by atoms with van der Waals surface area (Å²) in [6.45, 7) is 5.36. The maximum Gasteiger partial charge on any atom is 0.412 e. The Morgan fingerprint density at radius 3 is 2.52 bits per heavy atom. The van der Waals surface area contributed by atoms with Crippen molar-refractivity contribution in [3.8, 4) is 16.9 Å². The van der Waals surface area contributed by atoms with E-state index >= 15 is 0 Å². The lowest BCUT2D eigenvalue weighted by Gasteiger charge is -2.20. The van der Waals surface area contributed by atoms with Gasteiger partial charge in [-0.05, 0) is 44.5 Å². The first kappa shape index (κ1) is 16.5. The van der Waals surface area contributed by atoms with E-state index in [2.05, 4.69) is 5.32 Å². The molecule has 1 amide bonds. The molecule has 0 unspecified atom stereocenters. The summed E-state index contributed by atoms with van der Waals surface area (Å²) in [5, 5.41) is 12.3. The number of carbonyl (C=O) groups is 2. The molecule has 0 aliphatic heterocycles. The Hall–Kier alpha value is -2.82. The van der Waals surface area contributed by atoms with E-state index in [1.165, 1.54) is 6.07 Å². The van der Waals surface area contributed by atoms with E-state index in [9.17, 15) is 14.7 Å². The number of hydrogen-bond acceptors (Lipinski definition) is 4. The van der Waals surface area contributed by atoms with E-state index in [-0.39, 0.29) is 11.3 Å². The van der Waals surface area contributed by atoms with Crippen LogP contribution in [0.1, 0.15) is 31.1 Å². The highest BCUT2D eigenvalue weighted by atomic mass is 16.6. The summed E-state index contributed by atoms with van der Waals surface area (Å²) in [4.78, 5) is 22.9. The fourth-order valence-electron chi connectivity index (χ4n) is 2.07. The van der Waals surface area contributed by atoms with Crippen LogP contribution in [-0.2, 0) is 4.74 Å². The summed E-state index contributed by atoms with van der Waals surface area (Å²) in [5.41, 5.74) is 1.58. The Balaban J connectivity index is 2.34. The number of aromatic hydroxyl groups is 1. The zero-order valence-electron chi connectivity index (χ0n) is 13.3. The van der Waals surface area contributed by atoms with Crippen molar-refractivity contribution in [2.75, 3.05) is 5.32 Å². The van der Waals surface area contributed by atoms with Crippen LogP contribution in [0.3, 0.4) is 0 Å². The fraction of sp³-hybridized carbons (Fsp3) is 0.222. The number of phenols is 1. The van der Waals surface area contributed by atoms with Crippen molar-refractivity contribution in [1.82, 2.24) is 0 Å². The van der Waals surface area contributed by atoms with Crippen LogP contribution in [0.5, 0.6) is 5.75 Å². The second-order valence-corrected chi connectivity index (χ2v) is 6.06. The summed E-state index contributed by atoms with van der Waals surface area (Å²) in [6, 6.07) is 11.9. The van der Waals surface area contributed by atoms with Crippen LogP contribution in [0.4, 0.5) is 10.5 Å². The van der Waals surface area contributed by atoms with Crippen molar-refractivity contribution in [3.63, 3.8) is 0 Å². The van der Waals surface area contributed by atoms with Gasteiger partial charge in [-0.2, -0.15) is 0 Å². The molecule has 2 aromatic rings. The third-order valence-electron chi connectivity index (χ3n) is 3.03. The van der Waals surface area contributed by atoms with Crippen LogP contribution in [0.25, 0.3) is 11.1 Å². The predicted octanol–water partition coefficient (Wildman–Crippen LogP) is 4.22. The largest absolute Gasteiger partial charge is 0.507 e. The molecule has 0 aliphatic rings. The standard InChI is InChI=1S/C18H19NO4/c1-18(2,3)23-17(22)19-15-7-5-4-6-14(15)12-8-9-16(21)13(10-12)11-20/h4-11,21H,1-3H3,(H,19,22). The molecule has 0 aliphatic carbocycles. The van der Waals surface area contributed by atoms with Gasteiger partial charge in [0, 0.05) is 5.56 Å². The predicted molar refractivity (Wildman–Crippen MR) is 88.8 cm³/mol. The minimum Gasteiger partial charge on any atom is -0.507 e. The Morgan fingerprint density at radius 1 is 1.17 bits per heavy atom. The van der Waals surface area contributed by atoms with Gasteiger partial charge in [0.1, 0.15) is 11.4 Å². The molecule has 120 valence electrons. The van der Waals surface area contributed by atoms with Crippen LogP contribution < -0.4 is 5.32 Å². The number of phenolic OH excluding ortho intramolecular Hbond substituents is 1. The quantitative estimate of drug-likeness (QED) is 0.832. The molecular formula is C18H19NO4. The topological polar surface area (TPSA) is 75.6 Å². The monoisotopic (exact) mass is 313 g/mol. The summed E-state index contributed by atoms with van der Waals surface area (Å²) < 4.78 is 5.25. The third kappa shape index (κ3) is 4.32. The molecule has 5 nitrogen and oxygen atoms in total. The van der Waals surface area contributed by atoms with Crippen LogP contribution in [-0.4, -0.2) is 23.1 Å². The zero-order chi connectivity index (χ0) is 17.0. The van der Waals surface area contributed by atoms with Crippen molar-refractivity contribution < 1.29 is 19.4 Å². The molecular weight excluding hydrogens is 294 g/mol. The summed E-state index contributed by atoms with van der Waals surface area (Å²) in [6.07, 6.45) is 0.0299. The number of ether oxygens (including phenoxy) is 1. The molecule has 0 saturated carbocycles. The summed E-state index contributed by atoms with van der Waals surface area (Å²) in [5.74, 6) is -0.0821. The van der Waals surface area contributed by atoms with Gasteiger partial charge in [0.15, 0.2) is 6.29 Å². The lowest BCUT2D eigenvalue weighted by molar-refractivity contribution is 0.0636. The first-order chi connectivity index (χ1) is 10.8. The van der Waals surface area contributed by atoms with Crippen molar-refractivity contribution in [1.29, 1.82) is 0 Å². The first-order valence-electron chi connectivity index (χ1n) is 7.18. The number of aldehydes is 1. The Bertz CT molecular complexity index is 732. The molecule has 0 bridgehead atoms. The number of para-hydroxylation sites is 1. The highest BCUT2D eigenvalue weighted by Crippen LogP contribution is 2.31. The number of rotatable bonds is 3. The lowest BCUT2D eigenvalue weighted by Crippen LogP contribution is -2.27. The number of benzene rings is 2. The fourth-order valence-corrected chi connectivity index (χ4v) is 2.07. The molecule has 2 N–H and O–H groups in total. The SMILES string of the molecule is CC(C)(C)OC(=O)Nc1ccccc1-c1ccc(O)c(C=O)c1. The van der Waals surface area contributed by atoms with Crippen molar-refractivity contribution in [2.24, 2.45) is 0 Å². The van der Waals surface area contributed by atoms with Crippen molar-refractivity contribution >= 4 is 18.1 Å². The van der Waals surface area contributed by atoms with Crippen LogP contribution in [0.2, 0.25) is 0 Å². The number of hydrogen-bond donors (Lipinski definition) is 2. The third-order valence-corrected chi connectivity index (χ3v) is 3.03. The highest BCUT2D eigenvalue weighted by Gasteiger charge is 2.17. The first-order valence-corrected chi connectivity index (χ1v) is 7.18. The van der Waals surface area contributed by atoms with E-state index < -0.39 is 11.7 Å². The Morgan fingerprint density at radius 2 is 1.87 bits per heavy atom. The smallest absolute Gasteiger partial charge is 0.412 e. The van der Waals surface area contributed by atoms with Crippen molar-refractivity contribution in [3.05, 3.63) is 48.0 Å². The van der Waals surface area contributed by atoms with Crippen LogP contribution >= 0.6 is 0 Å². The molecule has 2 aromatic carbocycles. The molecule has 23 heavy (non-hydrogen) atoms. The molecule has 0 saturated heterocycles. The molecule has 0 fully saturated rings. The Labute approximate surface area is 134 Å². The maximum absolute atomic E-state index is 12.0. The van der Waals surface area contributed by atoms with Crippen LogP contribution in [0.15, 0.2) is 42.5 Å². The van der Waals surface area contributed by atoms with Gasteiger partial charge >= 0.3 is 6.09 Å². The number of anilines is 1. The molecule has 0 aromatic heterocycles. The number of carbonyl (C=O) groups excluding carboxylic acids is 2. The average molecular weight is 313 g/mol. The molecule has 0 heterocycles. The molecule has 0 atom stereocenters. The van der Waals surface area contributed by atoms with Gasteiger partial charge in [-0.1, -0.05) is 24.3 Å². The van der Waals surface area contributed by atoms with Gasteiger partial charge < -0.3 is 9.84 Å². The van der Waals surface area contributed by atoms with E-state index in [1.54, 1.807) is 45.0 Å². The van der Waals surface area contributed by atoms with Gasteiger partial charge in [-0.3, -0.25) is 10.1 Å². The van der Waals surface area contributed by atoms with Crippen LogP contribution in [0, 0.1) is 0 Å².